The lowest BCUT2D eigenvalue weighted by atomic mass is 9.90. The van der Waals surface area contributed by atoms with Gasteiger partial charge in [0.15, 0.2) is 0 Å². The first-order valence-electron chi connectivity index (χ1n) is 14.9. The van der Waals surface area contributed by atoms with Crippen LogP contribution in [0.1, 0.15) is 72.4 Å². The van der Waals surface area contributed by atoms with Gasteiger partial charge in [0.25, 0.3) is 5.91 Å². The lowest BCUT2D eigenvalue weighted by Crippen LogP contribution is -2.60. The summed E-state index contributed by atoms with van der Waals surface area (Å²) in [7, 11) is 1.31. The predicted molar refractivity (Wildman–Crippen MR) is 171 cm³/mol. The Bertz CT molecular complexity index is 1640. The number of ether oxygens (including phenoxy) is 2. The average molecular weight is 611 g/mol. The number of rotatable bonds is 5. The lowest BCUT2D eigenvalue weighted by Gasteiger charge is -2.44. The summed E-state index contributed by atoms with van der Waals surface area (Å²) in [6.45, 7) is 10.1. The zero-order valence-corrected chi connectivity index (χ0v) is 26.4. The van der Waals surface area contributed by atoms with E-state index >= 15 is 0 Å². The SMILES string of the molecule is COC(=O)c1ccc2c(c1)NC(=O)C2C(=Nc1ccc(C(=O)N2C[C@H](C)N(C(=O)OC(C)(C)C)C[C@H]2C)cc1)c1ccccc1. The molecule has 5 rings (SSSR count). The van der Waals surface area contributed by atoms with Crippen molar-refractivity contribution in [3.05, 3.63) is 95.1 Å². The van der Waals surface area contributed by atoms with E-state index in [1.54, 1.807) is 52.3 Å². The summed E-state index contributed by atoms with van der Waals surface area (Å²) in [4.78, 5) is 60.0. The molecule has 0 radical (unpaired) electrons. The molecule has 45 heavy (non-hydrogen) atoms. The Kier molecular flexibility index (Phi) is 8.77. The van der Waals surface area contributed by atoms with Gasteiger partial charge in [-0.2, -0.15) is 0 Å². The van der Waals surface area contributed by atoms with Crippen LogP contribution in [0.4, 0.5) is 16.2 Å². The highest BCUT2D eigenvalue weighted by molar-refractivity contribution is 6.24. The first-order valence-corrected chi connectivity index (χ1v) is 14.9. The molecule has 3 atom stereocenters. The van der Waals surface area contributed by atoms with Crippen molar-refractivity contribution in [2.45, 2.75) is 58.2 Å². The van der Waals surface area contributed by atoms with E-state index in [9.17, 15) is 19.2 Å². The molecule has 10 nitrogen and oxygen atoms in total. The predicted octanol–water partition coefficient (Wildman–Crippen LogP) is 5.80. The molecule has 0 bridgehead atoms. The van der Waals surface area contributed by atoms with Crippen LogP contribution in [0.3, 0.4) is 0 Å². The van der Waals surface area contributed by atoms with Gasteiger partial charge in [0.05, 0.1) is 24.1 Å². The van der Waals surface area contributed by atoms with Gasteiger partial charge in [-0.1, -0.05) is 36.4 Å². The van der Waals surface area contributed by atoms with Crippen molar-refractivity contribution in [3.63, 3.8) is 0 Å². The van der Waals surface area contributed by atoms with Crippen molar-refractivity contribution in [2.75, 3.05) is 25.5 Å². The highest BCUT2D eigenvalue weighted by atomic mass is 16.6. The Labute approximate surface area is 263 Å². The lowest BCUT2D eigenvalue weighted by molar-refractivity contribution is -0.115. The first kappa shape index (κ1) is 31.4. The van der Waals surface area contributed by atoms with E-state index < -0.39 is 17.5 Å². The Morgan fingerprint density at radius 1 is 0.844 bits per heavy atom. The number of aliphatic imine (C=N–C) groups is 1. The number of fused-ring (bicyclic) bond motifs is 1. The molecule has 2 heterocycles. The Balaban J connectivity index is 1.39. The van der Waals surface area contributed by atoms with Crippen LogP contribution in [0.15, 0.2) is 77.8 Å². The number of piperazine rings is 1. The monoisotopic (exact) mass is 610 g/mol. The van der Waals surface area contributed by atoms with E-state index in [1.165, 1.54) is 7.11 Å². The zero-order chi connectivity index (χ0) is 32.5. The molecule has 234 valence electrons. The van der Waals surface area contributed by atoms with Crippen LogP contribution in [0.5, 0.6) is 0 Å². The molecule has 1 fully saturated rings. The summed E-state index contributed by atoms with van der Waals surface area (Å²) in [6.07, 6.45) is -0.382. The van der Waals surface area contributed by atoms with Crippen molar-refractivity contribution in [1.29, 1.82) is 0 Å². The largest absolute Gasteiger partial charge is 0.465 e. The number of carbonyl (C=O) groups is 4. The fourth-order valence-corrected chi connectivity index (χ4v) is 5.65. The molecular formula is C35H38N4O6. The molecule has 0 aliphatic carbocycles. The van der Waals surface area contributed by atoms with Gasteiger partial charge in [0, 0.05) is 36.4 Å². The summed E-state index contributed by atoms with van der Waals surface area (Å²) in [5.74, 6) is -1.59. The molecular weight excluding hydrogens is 572 g/mol. The highest BCUT2D eigenvalue weighted by Gasteiger charge is 2.38. The maximum absolute atomic E-state index is 13.6. The molecule has 3 amide bonds. The van der Waals surface area contributed by atoms with Crippen LogP contribution in [-0.4, -0.2) is 77.3 Å². The van der Waals surface area contributed by atoms with Crippen LogP contribution in [-0.2, 0) is 14.3 Å². The molecule has 0 aromatic heterocycles. The van der Waals surface area contributed by atoms with Crippen molar-refractivity contribution in [2.24, 2.45) is 4.99 Å². The molecule has 1 saturated heterocycles. The highest BCUT2D eigenvalue weighted by Crippen LogP contribution is 2.37. The van der Waals surface area contributed by atoms with Crippen molar-refractivity contribution >= 4 is 41.0 Å². The van der Waals surface area contributed by atoms with Gasteiger partial charge in [0.2, 0.25) is 5.91 Å². The van der Waals surface area contributed by atoms with E-state index in [0.717, 1.165) is 5.56 Å². The molecule has 1 N–H and O–H groups in total. The first-order chi connectivity index (χ1) is 21.4. The minimum absolute atomic E-state index is 0.137. The van der Waals surface area contributed by atoms with Crippen molar-refractivity contribution < 1.29 is 28.7 Å². The fourth-order valence-electron chi connectivity index (χ4n) is 5.65. The third kappa shape index (κ3) is 6.74. The van der Waals surface area contributed by atoms with Crippen LogP contribution in [0.2, 0.25) is 0 Å². The second-order valence-corrected chi connectivity index (χ2v) is 12.4. The number of hydrogen-bond acceptors (Lipinski definition) is 7. The molecule has 3 aromatic carbocycles. The summed E-state index contributed by atoms with van der Waals surface area (Å²) in [5.41, 5.74) is 3.37. The molecule has 1 unspecified atom stereocenters. The second-order valence-electron chi connectivity index (χ2n) is 12.4. The molecule has 0 saturated carbocycles. The number of nitrogens with zero attached hydrogens (tertiary/aromatic N) is 3. The van der Waals surface area contributed by atoms with Gasteiger partial charge >= 0.3 is 12.1 Å². The van der Waals surface area contributed by atoms with Crippen molar-refractivity contribution in [1.82, 2.24) is 9.80 Å². The number of hydrogen-bond donors (Lipinski definition) is 1. The molecule has 2 aliphatic heterocycles. The number of anilines is 1. The fraction of sp³-hybridized carbons (Fsp3) is 0.343. The van der Waals surface area contributed by atoms with E-state index in [4.69, 9.17) is 14.5 Å². The zero-order valence-electron chi connectivity index (χ0n) is 26.4. The maximum atomic E-state index is 13.6. The van der Waals surface area contributed by atoms with E-state index in [-0.39, 0.29) is 30.0 Å². The smallest absolute Gasteiger partial charge is 0.410 e. The Morgan fingerprint density at radius 2 is 1.47 bits per heavy atom. The average Bonchev–Trinajstić information content (AvgIpc) is 3.34. The third-order valence-corrected chi connectivity index (χ3v) is 7.89. The Morgan fingerprint density at radius 3 is 2.11 bits per heavy atom. The van der Waals surface area contributed by atoms with Crippen LogP contribution in [0, 0.1) is 0 Å². The van der Waals surface area contributed by atoms with Crippen LogP contribution < -0.4 is 5.32 Å². The third-order valence-electron chi connectivity index (χ3n) is 7.89. The molecule has 2 aliphatic rings. The normalized spacial score (nSPS) is 19.9. The minimum atomic E-state index is -0.709. The number of methoxy groups -OCH3 is 1. The number of benzene rings is 3. The van der Waals surface area contributed by atoms with Gasteiger partial charge in [-0.3, -0.25) is 14.6 Å². The van der Waals surface area contributed by atoms with Gasteiger partial charge in [-0.15, -0.1) is 0 Å². The van der Waals surface area contributed by atoms with Crippen LogP contribution >= 0.6 is 0 Å². The number of esters is 1. The molecule has 0 spiro atoms. The van der Waals surface area contributed by atoms with Crippen LogP contribution in [0.25, 0.3) is 0 Å². The van der Waals surface area contributed by atoms with E-state index in [0.29, 0.717) is 46.9 Å². The standard InChI is InChI=1S/C35H38N4O6/c1-21-20-39(34(43)45-35(3,4)5)22(2)19-38(21)32(41)24-12-15-26(16-13-24)36-30(23-10-8-7-9-11-23)29-27-17-14-25(33(42)44-6)18-28(27)37-31(29)40/h7-18,21-22,29H,19-20H2,1-6H3,(H,37,40)/t21-,22+,29?/m1/s1. The number of nitrogens with one attached hydrogen (secondary N) is 1. The van der Waals surface area contributed by atoms with Gasteiger partial charge in [0.1, 0.15) is 11.5 Å². The maximum Gasteiger partial charge on any atom is 0.410 e. The van der Waals surface area contributed by atoms with Gasteiger partial charge in [-0.05, 0) is 82.1 Å². The topological polar surface area (TPSA) is 118 Å². The van der Waals surface area contributed by atoms with E-state index in [1.807, 2.05) is 65.0 Å². The van der Waals surface area contributed by atoms with Gasteiger partial charge in [-0.25, -0.2) is 9.59 Å². The molecule has 3 aromatic rings. The number of carbonyl (C=O) groups excluding carboxylic acids is 4. The second kappa shape index (κ2) is 12.6. The molecule has 10 heteroatoms. The summed E-state index contributed by atoms with van der Waals surface area (Å²) >= 11 is 0. The van der Waals surface area contributed by atoms with E-state index in [2.05, 4.69) is 5.32 Å². The Hall–Kier alpha value is -4.99. The minimum Gasteiger partial charge on any atom is -0.465 e. The summed E-state index contributed by atoms with van der Waals surface area (Å²) < 4.78 is 10.4. The van der Waals surface area contributed by atoms with Gasteiger partial charge < -0.3 is 24.6 Å². The summed E-state index contributed by atoms with van der Waals surface area (Å²) in [6, 6.07) is 21.0. The summed E-state index contributed by atoms with van der Waals surface area (Å²) in [5, 5.41) is 2.88. The van der Waals surface area contributed by atoms with Crippen molar-refractivity contribution in [3.8, 4) is 0 Å². The number of amides is 3. The quantitative estimate of drug-likeness (QED) is 0.288.